The monoisotopic (exact) mass is 841 g/mol. The minimum Gasteiger partial charge on any atom is -0.497 e. The number of hydrogen-bond donors (Lipinski definition) is 3. The van der Waals surface area contributed by atoms with Crippen LogP contribution in [-0.2, 0) is 30.1 Å². The Morgan fingerprint density at radius 2 is 1.67 bits per heavy atom. The summed E-state index contributed by atoms with van der Waals surface area (Å²) in [6, 6.07) is 18.8. The number of imide groups is 1. The molecule has 7 rings (SSSR count). The number of benzene rings is 3. The van der Waals surface area contributed by atoms with E-state index in [1.165, 1.54) is 17.0 Å². The number of alkyl halides is 3. The normalized spacial score (nSPS) is 22.2. The number of ketones is 1. The molecule has 3 aliphatic rings. The number of methoxy groups -OCH3 is 1. The molecule has 4 amide bonds. The molecule has 2 saturated carbocycles. The molecule has 2 aliphatic carbocycles. The van der Waals surface area contributed by atoms with Crippen molar-refractivity contribution in [3.63, 3.8) is 0 Å². The van der Waals surface area contributed by atoms with E-state index in [0.717, 1.165) is 17.7 Å². The quantitative estimate of drug-likeness (QED) is 0.120. The first-order chi connectivity index (χ1) is 28.8. The van der Waals surface area contributed by atoms with Crippen LogP contribution in [0.2, 0.25) is 0 Å². The van der Waals surface area contributed by atoms with Gasteiger partial charge in [0.1, 0.15) is 35.2 Å². The van der Waals surface area contributed by atoms with Gasteiger partial charge in [-0.2, -0.15) is 13.2 Å². The van der Waals surface area contributed by atoms with Crippen LogP contribution in [0.5, 0.6) is 11.5 Å². The molecule has 1 aromatic heterocycles. The van der Waals surface area contributed by atoms with E-state index in [1.54, 1.807) is 59.1 Å². The van der Waals surface area contributed by atoms with E-state index in [2.05, 4.69) is 16.0 Å². The summed E-state index contributed by atoms with van der Waals surface area (Å²) < 4.78 is 53.4. The van der Waals surface area contributed by atoms with Crippen LogP contribution in [0.4, 0.5) is 18.9 Å². The van der Waals surface area contributed by atoms with Gasteiger partial charge in [-0.05, 0) is 60.9 Å². The Kier molecular flexibility index (Phi) is 11.4. The van der Waals surface area contributed by atoms with Crippen molar-refractivity contribution in [2.24, 2.45) is 16.7 Å². The zero-order valence-corrected chi connectivity index (χ0v) is 34.9. The van der Waals surface area contributed by atoms with Gasteiger partial charge in [0.05, 0.1) is 30.4 Å². The molecule has 0 bridgehead atoms. The van der Waals surface area contributed by atoms with Gasteiger partial charge in [0.2, 0.25) is 17.6 Å². The standard InChI is InChI=1S/C46H50F3N5O7/c1-7-27-24-45(27,42(59)52-40(57)38(55)44(5)18-19-44)53-39(56)35-22-31(25-54(35)41(58)37(43(2,3)4)50-29-15-11-14-28(20-29)46(47,48)49)61-36-23-33(26-12-9-8-10-13-26)51-34-21-30(60-6)16-17-32(34)36/h8-17,20-21,23,27,31,35,37,50H,7,18-19,22,24-25H2,1-6H3,(H,53,56)(H,52,57,59). The molecule has 4 aromatic rings. The van der Waals surface area contributed by atoms with Crippen molar-refractivity contribution < 1.29 is 46.6 Å². The van der Waals surface area contributed by atoms with Gasteiger partial charge in [-0.3, -0.25) is 29.3 Å². The van der Waals surface area contributed by atoms with Gasteiger partial charge in [0.15, 0.2) is 0 Å². The number of halogens is 3. The van der Waals surface area contributed by atoms with Crippen molar-refractivity contribution in [1.29, 1.82) is 0 Å². The van der Waals surface area contributed by atoms with E-state index < -0.39 is 75.7 Å². The number of likely N-dealkylation sites (tertiary alicyclic amines) is 1. The molecule has 0 radical (unpaired) electrons. The highest BCUT2D eigenvalue weighted by molar-refractivity contribution is 6.41. The highest BCUT2D eigenvalue weighted by Gasteiger charge is 2.62. The summed E-state index contributed by atoms with van der Waals surface area (Å²) in [5.74, 6) is -3.14. The van der Waals surface area contributed by atoms with Gasteiger partial charge in [-0.1, -0.05) is 77.4 Å². The minimum atomic E-state index is -4.63. The third-order valence-electron chi connectivity index (χ3n) is 12.1. The molecule has 1 aliphatic heterocycles. The van der Waals surface area contributed by atoms with Crippen LogP contribution >= 0.6 is 0 Å². The first-order valence-electron chi connectivity index (χ1n) is 20.4. The number of nitrogens with one attached hydrogen (secondary N) is 3. The number of carbonyl (C=O) groups excluding carboxylic acids is 5. The average molecular weight is 842 g/mol. The minimum absolute atomic E-state index is 0.0249. The molecule has 61 heavy (non-hydrogen) atoms. The van der Waals surface area contributed by atoms with E-state index in [9.17, 15) is 37.1 Å². The van der Waals surface area contributed by atoms with Crippen molar-refractivity contribution in [2.75, 3.05) is 19.0 Å². The van der Waals surface area contributed by atoms with E-state index in [4.69, 9.17) is 14.5 Å². The van der Waals surface area contributed by atoms with Crippen LogP contribution in [-0.4, -0.2) is 76.7 Å². The SMILES string of the molecule is CCC1CC1(NC(=O)C1CC(Oc2cc(-c3ccccc3)nc3cc(OC)ccc23)CN1C(=O)C(Nc1cccc(C(F)(F)F)c1)C(C)(C)C)C(=O)NC(=O)C(=O)C1(C)CC1. The molecule has 3 aromatic carbocycles. The molecule has 12 nitrogen and oxygen atoms in total. The molecular weight excluding hydrogens is 792 g/mol. The second kappa shape index (κ2) is 16.1. The zero-order chi connectivity index (χ0) is 44.1. The van der Waals surface area contributed by atoms with Crippen molar-refractivity contribution >= 4 is 46.0 Å². The Balaban J connectivity index is 1.22. The summed E-state index contributed by atoms with van der Waals surface area (Å²) in [7, 11) is 1.55. The van der Waals surface area contributed by atoms with Gasteiger partial charge < -0.3 is 25.0 Å². The summed E-state index contributed by atoms with van der Waals surface area (Å²) >= 11 is 0. The average Bonchev–Trinajstić information content (AvgIpc) is 4.11. The third kappa shape index (κ3) is 8.92. The first-order valence-corrected chi connectivity index (χ1v) is 20.4. The lowest BCUT2D eigenvalue weighted by molar-refractivity contribution is -0.145. The van der Waals surface area contributed by atoms with Crippen LogP contribution in [0, 0.1) is 16.7 Å². The van der Waals surface area contributed by atoms with Gasteiger partial charge in [0.25, 0.3) is 11.8 Å². The number of hydrogen-bond acceptors (Lipinski definition) is 9. The lowest BCUT2D eigenvalue weighted by Gasteiger charge is -2.36. The van der Waals surface area contributed by atoms with Crippen LogP contribution < -0.4 is 25.4 Å². The highest BCUT2D eigenvalue weighted by Crippen LogP contribution is 2.48. The number of nitrogens with zero attached hydrogens (tertiary/aromatic N) is 2. The van der Waals surface area contributed by atoms with E-state index in [-0.39, 0.29) is 31.0 Å². The Morgan fingerprint density at radius 1 is 0.951 bits per heavy atom. The topological polar surface area (TPSA) is 156 Å². The molecule has 3 N–H and O–H groups in total. The molecule has 1 saturated heterocycles. The zero-order valence-electron chi connectivity index (χ0n) is 34.9. The van der Waals surface area contributed by atoms with Gasteiger partial charge in [-0.25, -0.2) is 4.98 Å². The van der Waals surface area contributed by atoms with E-state index >= 15 is 0 Å². The molecule has 2 heterocycles. The van der Waals surface area contributed by atoms with Gasteiger partial charge in [-0.15, -0.1) is 0 Å². The number of rotatable bonds is 13. The second-order valence-corrected chi connectivity index (χ2v) is 17.7. The molecule has 5 atom stereocenters. The highest BCUT2D eigenvalue weighted by atomic mass is 19.4. The molecule has 3 fully saturated rings. The summed E-state index contributed by atoms with van der Waals surface area (Å²) in [6.45, 7) is 8.67. The molecular formula is C46H50F3N5O7. The Bertz CT molecular complexity index is 2380. The predicted octanol–water partition coefficient (Wildman–Crippen LogP) is 7.10. The smallest absolute Gasteiger partial charge is 0.416 e. The Labute approximate surface area is 351 Å². The maximum atomic E-state index is 14.9. The molecule has 322 valence electrons. The third-order valence-corrected chi connectivity index (χ3v) is 12.1. The number of Topliss-reactive ketones (excluding diaryl/α,β-unsaturated/α-hetero) is 1. The summed E-state index contributed by atoms with van der Waals surface area (Å²) in [5.41, 5.74) is -2.05. The Hall–Kier alpha value is -5.99. The molecule has 5 unspecified atom stereocenters. The predicted molar refractivity (Wildman–Crippen MR) is 221 cm³/mol. The fourth-order valence-corrected chi connectivity index (χ4v) is 8.05. The molecule has 0 spiro atoms. The summed E-state index contributed by atoms with van der Waals surface area (Å²) in [5, 5.41) is 8.77. The fourth-order valence-electron chi connectivity index (χ4n) is 8.05. The van der Waals surface area contributed by atoms with Crippen LogP contribution in [0.1, 0.15) is 72.3 Å². The summed E-state index contributed by atoms with van der Waals surface area (Å²) in [4.78, 5) is 75.2. The number of ether oxygens (including phenoxy) is 2. The maximum Gasteiger partial charge on any atom is 0.416 e. The van der Waals surface area contributed by atoms with Crippen LogP contribution in [0.3, 0.4) is 0 Å². The van der Waals surface area contributed by atoms with E-state index in [1.807, 2.05) is 37.3 Å². The summed E-state index contributed by atoms with van der Waals surface area (Å²) in [6.07, 6.45) is -3.68. The fraction of sp³-hybridized carbons (Fsp3) is 0.435. The molecule has 15 heteroatoms. The van der Waals surface area contributed by atoms with Gasteiger partial charge in [0, 0.05) is 40.6 Å². The van der Waals surface area contributed by atoms with Crippen molar-refractivity contribution in [3.8, 4) is 22.8 Å². The number of anilines is 1. The number of fused-ring (bicyclic) bond motifs is 1. The lowest BCUT2D eigenvalue weighted by Crippen LogP contribution is -2.59. The van der Waals surface area contributed by atoms with Crippen molar-refractivity contribution in [2.45, 2.75) is 96.6 Å². The number of carbonyl (C=O) groups is 5. The number of aromatic nitrogens is 1. The van der Waals surface area contributed by atoms with Crippen LogP contribution in [0.25, 0.3) is 22.2 Å². The second-order valence-electron chi connectivity index (χ2n) is 17.7. The first kappa shape index (κ1) is 43.1. The van der Waals surface area contributed by atoms with Gasteiger partial charge >= 0.3 is 6.18 Å². The largest absolute Gasteiger partial charge is 0.497 e. The lowest BCUT2D eigenvalue weighted by atomic mass is 9.85. The van der Waals surface area contributed by atoms with Crippen molar-refractivity contribution in [1.82, 2.24) is 20.5 Å². The Morgan fingerprint density at radius 3 is 2.30 bits per heavy atom. The van der Waals surface area contributed by atoms with Crippen LogP contribution in [0.15, 0.2) is 78.9 Å². The van der Waals surface area contributed by atoms with E-state index in [0.29, 0.717) is 47.4 Å². The number of amides is 4. The van der Waals surface area contributed by atoms with Crippen molar-refractivity contribution in [3.05, 3.63) is 84.4 Å². The maximum absolute atomic E-state index is 14.9. The number of pyridine rings is 1.